The summed E-state index contributed by atoms with van der Waals surface area (Å²) in [4.78, 5) is 28.0. The van der Waals surface area contributed by atoms with E-state index in [1.807, 2.05) is 0 Å². The van der Waals surface area contributed by atoms with E-state index in [9.17, 15) is 9.59 Å². The lowest BCUT2D eigenvalue weighted by Crippen LogP contribution is -2.36. The summed E-state index contributed by atoms with van der Waals surface area (Å²) >= 11 is 0. The Morgan fingerprint density at radius 3 is 2.59 bits per heavy atom. The SMILES string of the molecule is CCOC(=O)C(C)(C)C(=O)c1ncccc1C. The summed E-state index contributed by atoms with van der Waals surface area (Å²) in [5, 5.41) is 0. The largest absolute Gasteiger partial charge is 0.465 e. The van der Waals surface area contributed by atoms with Crippen LogP contribution in [0.1, 0.15) is 36.8 Å². The number of pyridine rings is 1. The van der Waals surface area contributed by atoms with E-state index < -0.39 is 11.4 Å². The van der Waals surface area contributed by atoms with Crippen molar-refractivity contribution in [1.82, 2.24) is 4.98 Å². The second kappa shape index (κ2) is 5.08. The Morgan fingerprint density at radius 2 is 2.06 bits per heavy atom. The maximum absolute atomic E-state index is 12.2. The fourth-order valence-corrected chi connectivity index (χ4v) is 1.42. The van der Waals surface area contributed by atoms with E-state index in [0.29, 0.717) is 5.69 Å². The molecule has 4 nitrogen and oxygen atoms in total. The molecule has 4 heteroatoms. The average Bonchev–Trinajstić information content (AvgIpc) is 2.29. The molecule has 0 unspecified atom stereocenters. The summed E-state index contributed by atoms with van der Waals surface area (Å²) in [6, 6.07) is 3.55. The van der Waals surface area contributed by atoms with Crippen LogP contribution >= 0.6 is 0 Å². The molecule has 0 N–H and O–H groups in total. The van der Waals surface area contributed by atoms with Crippen LogP contribution in [-0.4, -0.2) is 23.3 Å². The molecule has 92 valence electrons. The van der Waals surface area contributed by atoms with Gasteiger partial charge in [0.2, 0.25) is 0 Å². The van der Waals surface area contributed by atoms with Gasteiger partial charge in [0, 0.05) is 6.20 Å². The van der Waals surface area contributed by atoms with Crippen molar-refractivity contribution in [2.75, 3.05) is 6.61 Å². The fourth-order valence-electron chi connectivity index (χ4n) is 1.42. The molecule has 0 aliphatic carbocycles. The Morgan fingerprint density at radius 1 is 1.41 bits per heavy atom. The molecular formula is C13H17NO3. The Kier molecular flexibility index (Phi) is 3.99. The number of aryl methyl sites for hydroxylation is 1. The monoisotopic (exact) mass is 235 g/mol. The number of nitrogens with zero attached hydrogens (tertiary/aromatic N) is 1. The Balaban J connectivity index is 3.05. The van der Waals surface area contributed by atoms with Gasteiger partial charge >= 0.3 is 5.97 Å². The summed E-state index contributed by atoms with van der Waals surface area (Å²) in [6.07, 6.45) is 1.54. The smallest absolute Gasteiger partial charge is 0.319 e. The van der Waals surface area contributed by atoms with Crippen LogP contribution < -0.4 is 0 Å². The van der Waals surface area contributed by atoms with Crippen LogP contribution in [0.15, 0.2) is 18.3 Å². The van der Waals surface area contributed by atoms with Gasteiger partial charge in [0.15, 0.2) is 5.78 Å². The molecule has 1 rings (SSSR count). The van der Waals surface area contributed by atoms with Crippen molar-refractivity contribution in [2.45, 2.75) is 27.7 Å². The zero-order valence-corrected chi connectivity index (χ0v) is 10.6. The van der Waals surface area contributed by atoms with E-state index in [0.717, 1.165) is 5.56 Å². The number of hydrogen-bond donors (Lipinski definition) is 0. The van der Waals surface area contributed by atoms with Gasteiger partial charge in [-0.2, -0.15) is 0 Å². The van der Waals surface area contributed by atoms with Gasteiger partial charge in [-0.05, 0) is 39.3 Å². The quantitative estimate of drug-likeness (QED) is 0.456. The number of ether oxygens (including phenoxy) is 1. The number of carbonyl (C=O) groups excluding carboxylic acids is 2. The zero-order valence-electron chi connectivity index (χ0n) is 10.6. The van der Waals surface area contributed by atoms with Crippen LogP contribution in [0.3, 0.4) is 0 Å². The Hall–Kier alpha value is -1.71. The maximum Gasteiger partial charge on any atom is 0.319 e. The first-order valence-electron chi connectivity index (χ1n) is 5.55. The van der Waals surface area contributed by atoms with Gasteiger partial charge in [0.25, 0.3) is 0 Å². The molecule has 1 heterocycles. The van der Waals surface area contributed by atoms with Gasteiger partial charge < -0.3 is 4.74 Å². The number of esters is 1. The molecule has 0 aliphatic rings. The third-order valence-electron chi connectivity index (χ3n) is 2.58. The van der Waals surface area contributed by atoms with Gasteiger partial charge in [-0.15, -0.1) is 0 Å². The van der Waals surface area contributed by atoms with E-state index in [2.05, 4.69) is 4.98 Å². The Bertz CT molecular complexity index is 438. The number of hydrogen-bond acceptors (Lipinski definition) is 4. The number of aromatic nitrogens is 1. The first-order chi connectivity index (χ1) is 7.91. The molecular weight excluding hydrogens is 218 g/mol. The van der Waals surface area contributed by atoms with E-state index in [4.69, 9.17) is 4.74 Å². The summed E-state index contributed by atoms with van der Waals surface area (Å²) in [5.74, 6) is -0.830. The van der Waals surface area contributed by atoms with Gasteiger partial charge in [-0.3, -0.25) is 14.6 Å². The predicted molar refractivity (Wildman–Crippen MR) is 63.7 cm³/mol. The van der Waals surface area contributed by atoms with Crippen molar-refractivity contribution in [3.63, 3.8) is 0 Å². The molecule has 0 spiro atoms. The fraction of sp³-hybridized carbons (Fsp3) is 0.462. The van der Waals surface area contributed by atoms with E-state index in [1.54, 1.807) is 46.0 Å². The molecule has 0 aliphatic heterocycles. The highest BCUT2D eigenvalue weighted by molar-refractivity contribution is 6.11. The van der Waals surface area contributed by atoms with Crippen molar-refractivity contribution in [3.05, 3.63) is 29.6 Å². The number of Topliss-reactive ketones (excluding diaryl/α,β-unsaturated/α-hetero) is 1. The summed E-state index contributed by atoms with van der Waals surface area (Å²) in [6.45, 7) is 6.88. The normalized spacial score (nSPS) is 11.1. The van der Waals surface area contributed by atoms with Crippen LogP contribution in [0.25, 0.3) is 0 Å². The van der Waals surface area contributed by atoms with Crippen LogP contribution in [0, 0.1) is 12.3 Å². The van der Waals surface area contributed by atoms with Crippen LogP contribution in [0.2, 0.25) is 0 Å². The first kappa shape index (κ1) is 13.4. The number of rotatable bonds is 4. The van der Waals surface area contributed by atoms with Gasteiger partial charge in [-0.1, -0.05) is 6.07 Å². The minimum atomic E-state index is -1.20. The molecule has 17 heavy (non-hydrogen) atoms. The van der Waals surface area contributed by atoms with Crippen LogP contribution in [0.5, 0.6) is 0 Å². The van der Waals surface area contributed by atoms with E-state index in [1.165, 1.54) is 0 Å². The highest BCUT2D eigenvalue weighted by Crippen LogP contribution is 2.24. The standard InChI is InChI=1S/C13H17NO3/c1-5-17-12(16)13(3,4)11(15)10-9(2)7-6-8-14-10/h6-8H,5H2,1-4H3. The van der Waals surface area contributed by atoms with Crippen molar-refractivity contribution >= 4 is 11.8 Å². The molecule has 0 radical (unpaired) electrons. The molecule has 1 aromatic heterocycles. The third kappa shape index (κ3) is 2.70. The zero-order chi connectivity index (χ0) is 13.1. The van der Waals surface area contributed by atoms with Crippen molar-refractivity contribution in [1.29, 1.82) is 0 Å². The van der Waals surface area contributed by atoms with Crippen molar-refractivity contribution < 1.29 is 14.3 Å². The molecule has 0 saturated heterocycles. The van der Waals surface area contributed by atoms with E-state index in [-0.39, 0.29) is 12.4 Å². The first-order valence-corrected chi connectivity index (χ1v) is 5.55. The summed E-state index contributed by atoms with van der Waals surface area (Å²) < 4.78 is 4.90. The minimum absolute atomic E-state index is 0.261. The molecule has 0 fully saturated rings. The highest BCUT2D eigenvalue weighted by atomic mass is 16.5. The molecule has 0 bridgehead atoms. The van der Waals surface area contributed by atoms with Gasteiger partial charge in [-0.25, -0.2) is 0 Å². The summed E-state index contributed by atoms with van der Waals surface area (Å²) in [7, 11) is 0. The molecule has 0 atom stereocenters. The maximum atomic E-state index is 12.2. The Labute approximate surface area is 101 Å². The van der Waals surface area contributed by atoms with Crippen LogP contribution in [-0.2, 0) is 9.53 Å². The van der Waals surface area contributed by atoms with E-state index >= 15 is 0 Å². The summed E-state index contributed by atoms with van der Waals surface area (Å²) in [5.41, 5.74) is -0.116. The van der Waals surface area contributed by atoms with Gasteiger partial charge in [0.1, 0.15) is 11.1 Å². The van der Waals surface area contributed by atoms with Gasteiger partial charge in [0.05, 0.1) is 6.61 Å². The topological polar surface area (TPSA) is 56.3 Å². The lowest BCUT2D eigenvalue weighted by atomic mass is 9.85. The molecule has 0 aromatic carbocycles. The second-order valence-corrected chi connectivity index (χ2v) is 4.34. The lowest BCUT2D eigenvalue weighted by molar-refractivity contribution is -0.150. The highest BCUT2D eigenvalue weighted by Gasteiger charge is 2.39. The number of ketones is 1. The number of carbonyl (C=O) groups is 2. The average molecular weight is 235 g/mol. The lowest BCUT2D eigenvalue weighted by Gasteiger charge is -2.20. The molecule has 1 aromatic rings. The molecule has 0 amide bonds. The van der Waals surface area contributed by atoms with Crippen molar-refractivity contribution in [3.8, 4) is 0 Å². The second-order valence-electron chi connectivity index (χ2n) is 4.34. The van der Waals surface area contributed by atoms with Crippen LogP contribution in [0.4, 0.5) is 0 Å². The predicted octanol–water partition coefficient (Wildman–Crippen LogP) is 2.16. The van der Waals surface area contributed by atoms with Crippen molar-refractivity contribution in [2.24, 2.45) is 5.41 Å². The molecule has 0 saturated carbocycles. The minimum Gasteiger partial charge on any atom is -0.465 e. The third-order valence-corrected chi connectivity index (χ3v) is 2.58.